The molecule has 134 valence electrons. The Hall–Kier alpha value is -1.83. The van der Waals surface area contributed by atoms with Crippen LogP contribution in [0.4, 0.5) is 13.2 Å². The van der Waals surface area contributed by atoms with E-state index < -0.39 is 18.6 Å². The Bertz CT molecular complexity index is 640. The molecule has 1 aromatic heterocycles. The van der Waals surface area contributed by atoms with Crippen LogP contribution in [0.1, 0.15) is 48.7 Å². The van der Waals surface area contributed by atoms with Gasteiger partial charge in [-0.1, -0.05) is 13.8 Å². The zero-order chi connectivity index (χ0) is 17.9. The lowest BCUT2D eigenvalue weighted by molar-refractivity contribution is -0.148. The number of H-pyrrole nitrogens is 1. The fourth-order valence-corrected chi connectivity index (χ4v) is 2.85. The smallest absolute Gasteiger partial charge is 0.348 e. The van der Waals surface area contributed by atoms with Crippen LogP contribution in [0.2, 0.25) is 0 Å². The van der Waals surface area contributed by atoms with Crippen LogP contribution in [0.3, 0.4) is 0 Å². The number of halogens is 3. The van der Waals surface area contributed by atoms with Crippen molar-refractivity contribution in [1.82, 2.24) is 15.2 Å². The van der Waals surface area contributed by atoms with Crippen LogP contribution in [0.5, 0.6) is 0 Å². The van der Waals surface area contributed by atoms with Crippen molar-refractivity contribution < 1.29 is 18.0 Å². The van der Waals surface area contributed by atoms with Gasteiger partial charge in [0.2, 0.25) is 5.56 Å². The highest BCUT2D eigenvalue weighted by Crippen LogP contribution is 2.20. The Kier molecular flexibility index (Phi) is 5.69. The first-order chi connectivity index (χ1) is 11.1. The topological polar surface area (TPSA) is 65.2 Å². The normalized spacial score (nSPS) is 19.5. The van der Waals surface area contributed by atoms with Crippen molar-refractivity contribution in [2.45, 2.75) is 44.8 Å². The van der Waals surface area contributed by atoms with Crippen LogP contribution < -0.4 is 10.9 Å². The summed E-state index contributed by atoms with van der Waals surface area (Å²) in [4.78, 5) is 27.9. The Labute approximate surface area is 138 Å². The highest BCUT2D eigenvalue weighted by atomic mass is 19.4. The molecule has 0 spiro atoms. The number of nitrogens with zero attached hydrogens (tertiary/aromatic N) is 1. The summed E-state index contributed by atoms with van der Waals surface area (Å²) < 4.78 is 37.5. The van der Waals surface area contributed by atoms with Crippen molar-refractivity contribution >= 4 is 5.91 Å². The minimum atomic E-state index is -4.25. The second kappa shape index (κ2) is 7.38. The molecule has 1 atom stereocenters. The summed E-state index contributed by atoms with van der Waals surface area (Å²) in [5.41, 5.74) is 0.513. The van der Waals surface area contributed by atoms with E-state index in [2.05, 4.69) is 10.3 Å². The number of likely N-dealkylation sites (tertiary alicyclic amines) is 1. The average Bonchev–Trinajstić information content (AvgIpc) is 2.45. The zero-order valence-corrected chi connectivity index (χ0v) is 13.7. The molecule has 1 saturated heterocycles. The molecule has 1 aliphatic heterocycles. The first-order valence-corrected chi connectivity index (χ1v) is 7.98. The van der Waals surface area contributed by atoms with Crippen molar-refractivity contribution in [3.05, 3.63) is 33.7 Å². The Balaban J connectivity index is 2.03. The van der Waals surface area contributed by atoms with Crippen molar-refractivity contribution in [3.8, 4) is 0 Å². The number of carbonyl (C=O) groups excluding carboxylic acids is 1. The molecule has 1 unspecified atom stereocenters. The van der Waals surface area contributed by atoms with E-state index in [9.17, 15) is 22.8 Å². The quantitative estimate of drug-likeness (QED) is 0.880. The minimum absolute atomic E-state index is 0.0578. The van der Waals surface area contributed by atoms with Crippen molar-refractivity contribution in [3.63, 3.8) is 0 Å². The summed E-state index contributed by atoms with van der Waals surface area (Å²) in [5.74, 6) is -0.371. The number of aromatic nitrogens is 1. The van der Waals surface area contributed by atoms with Gasteiger partial charge < -0.3 is 10.3 Å². The SMILES string of the molecule is CC(C)c1cc(C(=O)NC2CCCN(CC(F)(F)F)C2)cc(=O)[nH]1. The molecule has 0 aromatic carbocycles. The van der Waals surface area contributed by atoms with Crippen LogP contribution in [0.15, 0.2) is 16.9 Å². The maximum absolute atomic E-state index is 12.5. The first kappa shape index (κ1) is 18.5. The molecule has 1 aromatic rings. The molecular formula is C16H22F3N3O2. The molecule has 0 aliphatic carbocycles. The van der Waals surface area contributed by atoms with Gasteiger partial charge in [0.05, 0.1) is 6.54 Å². The van der Waals surface area contributed by atoms with Gasteiger partial charge in [0.1, 0.15) is 0 Å². The molecule has 2 rings (SSSR count). The number of carbonyl (C=O) groups is 1. The summed E-state index contributed by atoms with van der Waals surface area (Å²) in [6.07, 6.45) is -3.03. The Morgan fingerprint density at radius 3 is 2.75 bits per heavy atom. The molecule has 0 bridgehead atoms. The van der Waals surface area contributed by atoms with Crippen LogP contribution in [0, 0.1) is 0 Å². The van der Waals surface area contributed by atoms with Gasteiger partial charge in [0.25, 0.3) is 5.91 Å². The molecular weight excluding hydrogens is 323 g/mol. The predicted molar refractivity (Wildman–Crippen MR) is 84.1 cm³/mol. The van der Waals surface area contributed by atoms with Gasteiger partial charge in [-0.25, -0.2) is 0 Å². The van der Waals surface area contributed by atoms with Gasteiger partial charge >= 0.3 is 6.18 Å². The van der Waals surface area contributed by atoms with E-state index in [1.807, 2.05) is 13.8 Å². The van der Waals surface area contributed by atoms with Crippen LogP contribution in [-0.4, -0.2) is 47.6 Å². The number of hydrogen-bond donors (Lipinski definition) is 2. The summed E-state index contributed by atoms with van der Waals surface area (Å²) in [7, 11) is 0. The number of nitrogens with one attached hydrogen (secondary N) is 2. The number of aromatic amines is 1. The van der Waals surface area contributed by atoms with Crippen LogP contribution in [0.25, 0.3) is 0 Å². The summed E-state index contributed by atoms with van der Waals surface area (Å²) >= 11 is 0. The van der Waals surface area contributed by atoms with Crippen molar-refractivity contribution in [1.29, 1.82) is 0 Å². The molecule has 0 saturated carbocycles. The molecule has 5 nitrogen and oxygen atoms in total. The van der Waals surface area contributed by atoms with E-state index >= 15 is 0 Å². The van der Waals surface area contributed by atoms with Crippen molar-refractivity contribution in [2.75, 3.05) is 19.6 Å². The average molecular weight is 345 g/mol. The fourth-order valence-electron chi connectivity index (χ4n) is 2.85. The van der Waals surface area contributed by atoms with Gasteiger partial charge in [0, 0.05) is 29.9 Å². The third-order valence-corrected chi connectivity index (χ3v) is 3.99. The molecule has 2 heterocycles. The maximum Gasteiger partial charge on any atom is 0.401 e. The highest BCUT2D eigenvalue weighted by molar-refractivity contribution is 5.94. The molecule has 24 heavy (non-hydrogen) atoms. The molecule has 2 N–H and O–H groups in total. The van der Waals surface area contributed by atoms with Gasteiger partial charge in [-0.2, -0.15) is 13.2 Å². The number of alkyl halides is 3. The monoisotopic (exact) mass is 345 g/mol. The number of hydrogen-bond acceptors (Lipinski definition) is 3. The standard InChI is InChI=1S/C16H22F3N3O2/c1-10(2)13-6-11(7-14(23)21-13)15(24)20-12-4-3-5-22(8-12)9-16(17,18)19/h6-7,10,12H,3-5,8-9H2,1-2H3,(H,20,24)(H,21,23). The van der Waals surface area contributed by atoms with E-state index in [1.54, 1.807) is 6.07 Å². The maximum atomic E-state index is 12.5. The minimum Gasteiger partial charge on any atom is -0.348 e. The van der Waals surface area contributed by atoms with Gasteiger partial charge in [-0.3, -0.25) is 14.5 Å². The lowest BCUT2D eigenvalue weighted by Gasteiger charge is -2.33. The van der Waals surface area contributed by atoms with E-state index in [0.717, 1.165) is 0 Å². The van der Waals surface area contributed by atoms with E-state index in [-0.39, 0.29) is 29.6 Å². The molecule has 8 heteroatoms. The van der Waals surface area contributed by atoms with Gasteiger partial charge in [-0.05, 0) is 31.4 Å². The van der Waals surface area contributed by atoms with Crippen molar-refractivity contribution in [2.24, 2.45) is 0 Å². The zero-order valence-electron chi connectivity index (χ0n) is 13.7. The Morgan fingerprint density at radius 2 is 2.12 bits per heavy atom. The third kappa shape index (κ3) is 5.36. The first-order valence-electron chi connectivity index (χ1n) is 7.98. The number of rotatable bonds is 4. The lowest BCUT2D eigenvalue weighted by Crippen LogP contribution is -2.50. The molecule has 0 radical (unpaired) electrons. The molecule has 1 aliphatic rings. The van der Waals surface area contributed by atoms with Gasteiger partial charge in [0.15, 0.2) is 0 Å². The lowest BCUT2D eigenvalue weighted by atomic mass is 10.0. The number of pyridine rings is 1. The van der Waals surface area contributed by atoms with Crippen LogP contribution in [-0.2, 0) is 0 Å². The van der Waals surface area contributed by atoms with E-state index in [1.165, 1.54) is 11.0 Å². The highest BCUT2D eigenvalue weighted by Gasteiger charge is 2.33. The van der Waals surface area contributed by atoms with E-state index in [0.29, 0.717) is 25.1 Å². The third-order valence-electron chi connectivity index (χ3n) is 3.99. The second-order valence-electron chi connectivity index (χ2n) is 6.51. The summed E-state index contributed by atoms with van der Waals surface area (Å²) in [5, 5.41) is 2.74. The molecule has 1 amide bonds. The van der Waals surface area contributed by atoms with E-state index in [4.69, 9.17) is 0 Å². The van der Waals surface area contributed by atoms with Gasteiger partial charge in [-0.15, -0.1) is 0 Å². The second-order valence-corrected chi connectivity index (χ2v) is 6.51. The summed E-state index contributed by atoms with van der Waals surface area (Å²) in [6, 6.07) is 2.46. The Morgan fingerprint density at radius 1 is 1.42 bits per heavy atom. The predicted octanol–water partition coefficient (Wildman–Crippen LogP) is 2.25. The summed E-state index contributed by atoms with van der Waals surface area (Å²) in [6.45, 7) is 3.34. The van der Waals surface area contributed by atoms with Crippen LogP contribution >= 0.6 is 0 Å². The molecule has 1 fully saturated rings. The number of amides is 1. The largest absolute Gasteiger partial charge is 0.401 e. The fraction of sp³-hybridized carbons (Fsp3) is 0.625. The number of piperidine rings is 1.